The summed E-state index contributed by atoms with van der Waals surface area (Å²) in [4.78, 5) is 0.952. The molecule has 3 heteroatoms. The van der Waals surface area contributed by atoms with Crippen LogP contribution in [0.5, 0.6) is 0 Å². The van der Waals surface area contributed by atoms with Gasteiger partial charge in [0.15, 0.2) is 0 Å². The monoisotopic (exact) mass is 267 g/mol. The van der Waals surface area contributed by atoms with Crippen LogP contribution >= 0.6 is 0 Å². The minimum Gasteiger partial charge on any atom is -0.327 e. The first kappa shape index (κ1) is 15.4. The lowest BCUT2D eigenvalue weighted by Gasteiger charge is -2.22. The quantitative estimate of drug-likeness (QED) is 0.859. The van der Waals surface area contributed by atoms with Gasteiger partial charge in [0.1, 0.15) is 0 Å². The van der Waals surface area contributed by atoms with E-state index in [1.54, 1.807) is 0 Å². The maximum absolute atomic E-state index is 12.7. The summed E-state index contributed by atoms with van der Waals surface area (Å²) in [5.74, 6) is 0. The van der Waals surface area contributed by atoms with Gasteiger partial charge in [0.05, 0.1) is 16.0 Å². The molecule has 0 saturated carbocycles. The van der Waals surface area contributed by atoms with Gasteiger partial charge in [-0.1, -0.05) is 32.4 Å². The van der Waals surface area contributed by atoms with E-state index in [4.69, 9.17) is 5.73 Å². The van der Waals surface area contributed by atoms with Crippen molar-refractivity contribution in [2.45, 2.75) is 63.1 Å². The summed E-state index contributed by atoms with van der Waals surface area (Å²) in [5.41, 5.74) is 8.43. The van der Waals surface area contributed by atoms with Crippen molar-refractivity contribution in [3.8, 4) is 0 Å². The summed E-state index contributed by atoms with van der Waals surface area (Å²) in [6.45, 7) is 8.24. The standard InChI is InChI=1S/C15H25NOS/c1-5-7-13(16)14(6-2)18(17)15-10-11(3)8-9-12(15)4/h8-10,13-14H,5-7,16H2,1-4H3. The van der Waals surface area contributed by atoms with Crippen LogP contribution in [-0.4, -0.2) is 15.5 Å². The lowest BCUT2D eigenvalue weighted by molar-refractivity contribution is 0.549. The lowest BCUT2D eigenvalue weighted by atomic mass is 10.1. The molecule has 18 heavy (non-hydrogen) atoms. The Morgan fingerprint density at radius 1 is 1.28 bits per heavy atom. The van der Waals surface area contributed by atoms with Crippen LogP contribution < -0.4 is 5.73 Å². The van der Waals surface area contributed by atoms with Crippen molar-refractivity contribution in [2.75, 3.05) is 0 Å². The van der Waals surface area contributed by atoms with E-state index in [1.807, 2.05) is 26.0 Å². The Kier molecular flexibility index (Phi) is 6.03. The first-order valence-corrected chi connectivity index (χ1v) is 7.95. The second-order valence-electron chi connectivity index (χ2n) is 4.97. The fourth-order valence-electron chi connectivity index (χ4n) is 2.22. The van der Waals surface area contributed by atoms with E-state index in [2.05, 4.69) is 19.9 Å². The van der Waals surface area contributed by atoms with Crippen LogP contribution in [0.2, 0.25) is 0 Å². The van der Waals surface area contributed by atoms with Gasteiger partial charge >= 0.3 is 0 Å². The highest BCUT2D eigenvalue weighted by Crippen LogP contribution is 2.22. The normalized spacial score (nSPS) is 16.3. The van der Waals surface area contributed by atoms with E-state index in [1.165, 1.54) is 0 Å². The second-order valence-corrected chi connectivity index (χ2v) is 6.61. The Balaban J connectivity index is 2.99. The molecule has 1 rings (SSSR count). The molecule has 3 atom stereocenters. The third-order valence-electron chi connectivity index (χ3n) is 3.34. The average molecular weight is 267 g/mol. The first-order valence-electron chi connectivity index (χ1n) is 6.74. The van der Waals surface area contributed by atoms with Gasteiger partial charge < -0.3 is 5.73 Å². The Morgan fingerprint density at radius 3 is 2.50 bits per heavy atom. The molecule has 0 spiro atoms. The maximum Gasteiger partial charge on any atom is 0.0579 e. The molecule has 0 aromatic heterocycles. The van der Waals surface area contributed by atoms with E-state index in [-0.39, 0.29) is 11.3 Å². The minimum atomic E-state index is -1.000. The summed E-state index contributed by atoms with van der Waals surface area (Å²) >= 11 is 0. The molecule has 2 N–H and O–H groups in total. The SMILES string of the molecule is CCCC(N)C(CC)S(=O)c1cc(C)ccc1C. The number of hydrogen-bond acceptors (Lipinski definition) is 2. The molecule has 0 aliphatic rings. The Morgan fingerprint density at radius 2 is 1.94 bits per heavy atom. The molecule has 0 aliphatic heterocycles. The summed E-state index contributed by atoms with van der Waals surface area (Å²) < 4.78 is 12.7. The van der Waals surface area contributed by atoms with E-state index >= 15 is 0 Å². The van der Waals surface area contributed by atoms with Crippen molar-refractivity contribution in [1.29, 1.82) is 0 Å². The molecule has 3 unspecified atom stereocenters. The van der Waals surface area contributed by atoms with Crippen molar-refractivity contribution in [2.24, 2.45) is 5.73 Å². The van der Waals surface area contributed by atoms with E-state index in [0.29, 0.717) is 0 Å². The van der Waals surface area contributed by atoms with E-state index in [0.717, 1.165) is 35.3 Å². The number of benzene rings is 1. The van der Waals surface area contributed by atoms with Crippen molar-refractivity contribution in [3.63, 3.8) is 0 Å². The molecule has 0 saturated heterocycles. The van der Waals surface area contributed by atoms with E-state index in [9.17, 15) is 4.21 Å². The van der Waals surface area contributed by atoms with Gasteiger partial charge in [-0.3, -0.25) is 4.21 Å². The summed E-state index contributed by atoms with van der Waals surface area (Å²) in [6, 6.07) is 6.16. The van der Waals surface area contributed by atoms with Crippen LogP contribution in [0.3, 0.4) is 0 Å². The molecular formula is C15H25NOS. The number of rotatable bonds is 6. The molecule has 0 aliphatic carbocycles. The highest BCUT2D eigenvalue weighted by atomic mass is 32.2. The van der Waals surface area contributed by atoms with Gasteiger partial charge in [-0.25, -0.2) is 0 Å². The smallest absolute Gasteiger partial charge is 0.0579 e. The predicted molar refractivity (Wildman–Crippen MR) is 79.3 cm³/mol. The Labute approximate surface area is 113 Å². The van der Waals surface area contributed by atoms with Crippen molar-refractivity contribution >= 4 is 10.8 Å². The van der Waals surface area contributed by atoms with Gasteiger partial charge in [-0.05, 0) is 43.9 Å². The molecule has 0 heterocycles. The Hall–Kier alpha value is -0.670. The molecule has 0 fully saturated rings. The molecule has 102 valence electrons. The van der Waals surface area contributed by atoms with E-state index < -0.39 is 10.8 Å². The zero-order chi connectivity index (χ0) is 13.7. The summed E-state index contributed by atoms with van der Waals surface area (Å²) in [6.07, 6.45) is 2.85. The third kappa shape index (κ3) is 3.66. The third-order valence-corrected chi connectivity index (χ3v) is 5.44. The van der Waals surface area contributed by atoms with Crippen LogP contribution in [-0.2, 0) is 10.8 Å². The lowest BCUT2D eigenvalue weighted by Crippen LogP contribution is -2.37. The molecule has 0 amide bonds. The van der Waals surface area contributed by atoms with Crippen LogP contribution in [0.4, 0.5) is 0 Å². The maximum atomic E-state index is 12.7. The molecule has 0 bridgehead atoms. The van der Waals surface area contributed by atoms with Gasteiger partial charge in [-0.2, -0.15) is 0 Å². The number of hydrogen-bond donors (Lipinski definition) is 1. The molecule has 1 aromatic carbocycles. The molecular weight excluding hydrogens is 242 g/mol. The molecule has 2 nitrogen and oxygen atoms in total. The van der Waals surface area contributed by atoms with Crippen LogP contribution in [0.25, 0.3) is 0 Å². The minimum absolute atomic E-state index is 0.0285. The zero-order valence-corrected chi connectivity index (χ0v) is 12.7. The highest BCUT2D eigenvalue weighted by Gasteiger charge is 2.24. The van der Waals surface area contributed by atoms with Crippen LogP contribution in [0.15, 0.2) is 23.1 Å². The van der Waals surface area contributed by atoms with Crippen molar-refractivity contribution in [1.82, 2.24) is 0 Å². The first-order chi connectivity index (χ1) is 8.51. The van der Waals surface area contributed by atoms with Crippen molar-refractivity contribution < 1.29 is 4.21 Å². The second kappa shape index (κ2) is 7.05. The van der Waals surface area contributed by atoms with Crippen LogP contribution in [0.1, 0.15) is 44.2 Å². The van der Waals surface area contributed by atoms with Crippen LogP contribution in [0, 0.1) is 13.8 Å². The summed E-state index contributed by atoms with van der Waals surface area (Å²) in [7, 11) is -1.000. The van der Waals surface area contributed by atoms with Gasteiger partial charge in [-0.15, -0.1) is 0 Å². The fourth-order valence-corrected chi connectivity index (χ4v) is 3.99. The fraction of sp³-hybridized carbons (Fsp3) is 0.600. The van der Waals surface area contributed by atoms with Gasteiger partial charge in [0.2, 0.25) is 0 Å². The molecule has 1 aromatic rings. The summed E-state index contributed by atoms with van der Waals surface area (Å²) in [5, 5.41) is 0.0606. The largest absolute Gasteiger partial charge is 0.327 e. The number of nitrogens with two attached hydrogens (primary N) is 1. The Bertz CT molecular complexity index is 417. The number of aryl methyl sites for hydroxylation is 2. The van der Waals surface area contributed by atoms with Crippen molar-refractivity contribution in [3.05, 3.63) is 29.3 Å². The predicted octanol–water partition coefficient (Wildman–Crippen LogP) is 3.32. The molecule has 0 radical (unpaired) electrons. The topological polar surface area (TPSA) is 43.1 Å². The zero-order valence-electron chi connectivity index (χ0n) is 11.9. The average Bonchev–Trinajstić information content (AvgIpc) is 2.33. The van der Waals surface area contributed by atoms with Gasteiger partial charge in [0.25, 0.3) is 0 Å². The highest BCUT2D eigenvalue weighted by molar-refractivity contribution is 7.85. The van der Waals surface area contributed by atoms with Gasteiger partial charge in [0, 0.05) is 10.9 Å².